The van der Waals surface area contributed by atoms with Gasteiger partial charge in [0.1, 0.15) is 5.01 Å². The van der Waals surface area contributed by atoms with Gasteiger partial charge in [0.2, 0.25) is 0 Å². The van der Waals surface area contributed by atoms with Gasteiger partial charge in [-0.25, -0.2) is 4.98 Å². The Morgan fingerprint density at radius 1 is 1.59 bits per heavy atom. The average Bonchev–Trinajstić information content (AvgIpc) is 2.94. The van der Waals surface area contributed by atoms with Crippen LogP contribution in [-0.2, 0) is 13.0 Å². The van der Waals surface area contributed by atoms with Crippen molar-refractivity contribution in [2.24, 2.45) is 5.73 Å². The summed E-state index contributed by atoms with van der Waals surface area (Å²) in [5, 5.41) is 5.35. The van der Waals surface area contributed by atoms with Gasteiger partial charge in [-0.15, -0.1) is 11.3 Å². The van der Waals surface area contributed by atoms with E-state index in [1.165, 1.54) is 11.3 Å². The van der Waals surface area contributed by atoms with Crippen molar-refractivity contribution in [1.82, 2.24) is 14.8 Å². The Bertz CT molecular complexity index is 528. The summed E-state index contributed by atoms with van der Waals surface area (Å²) < 4.78 is 1.98. The monoisotopic (exact) mass is 248 g/mol. The van der Waals surface area contributed by atoms with Gasteiger partial charge >= 0.3 is 0 Å². The number of hydrogen-bond donors (Lipinski definition) is 1. The van der Waals surface area contributed by atoms with E-state index in [-0.39, 0.29) is 6.04 Å². The maximum absolute atomic E-state index is 6.11. The molecule has 0 saturated carbocycles. The summed E-state index contributed by atoms with van der Waals surface area (Å²) in [7, 11) is 0. The van der Waals surface area contributed by atoms with E-state index >= 15 is 0 Å². The Balaban J connectivity index is 2.05. The summed E-state index contributed by atoms with van der Waals surface area (Å²) in [6.45, 7) is 2.97. The lowest BCUT2D eigenvalue weighted by molar-refractivity contribution is 0.563. The molecule has 2 N–H and O–H groups in total. The highest BCUT2D eigenvalue weighted by Gasteiger charge is 2.23. The lowest BCUT2D eigenvalue weighted by Gasteiger charge is -2.15. The number of aryl methyl sites for hydroxylation is 2. The van der Waals surface area contributed by atoms with E-state index in [4.69, 9.17) is 10.7 Å². The lowest BCUT2D eigenvalue weighted by Crippen LogP contribution is -2.16. The molecule has 1 aliphatic rings. The first-order valence-electron chi connectivity index (χ1n) is 6.07. The van der Waals surface area contributed by atoms with Gasteiger partial charge in [0, 0.05) is 23.7 Å². The molecule has 0 radical (unpaired) electrons. The molecule has 0 aliphatic heterocycles. The van der Waals surface area contributed by atoms with E-state index in [2.05, 4.69) is 12.0 Å². The van der Waals surface area contributed by atoms with Gasteiger partial charge in [-0.1, -0.05) is 0 Å². The molecule has 5 heteroatoms. The quantitative estimate of drug-likeness (QED) is 0.887. The van der Waals surface area contributed by atoms with Crippen LogP contribution in [0.3, 0.4) is 0 Å². The van der Waals surface area contributed by atoms with Crippen molar-refractivity contribution in [3.63, 3.8) is 0 Å². The maximum Gasteiger partial charge on any atom is 0.142 e. The summed E-state index contributed by atoms with van der Waals surface area (Å²) in [5.41, 5.74) is 8.33. The first kappa shape index (κ1) is 10.9. The van der Waals surface area contributed by atoms with Crippen LogP contribution < -0.4 is 5.73 Å². The fraction of sp³-hybridized carbons (Fsp3) is 0.500. The van der Waals surface area contributed by atoms with Crippen molar-refractivity contribution >= 4 is 11.3 Å². The average molecular weight is 248 g/mol. The van der Waals surface area contributed by atoms with Crippen LogP contribution >= 0.6 is 11.3 Å². The largest absolute Gasteiger partial charge is 0.323 e. The Morgan fingerprint density at radius 2 is 2.47 bits per heavy atom. The number of rotatable bonds is 2. The van der Waals surface area contributed by atoms with Crippen molar-refractivity contribution in [2.75, 3.05) is 0 Å². The standard InChI is InChI=1S/C12H16N4S/c1-2-16-9(6-7-14-16)12-15-11-8(13)4-3-5-10(11)17-12/h6-8H,2-5,13H2,1H3. The van der Waals surface area contributed by atoms with E-state index in [1.807, 2.05) is 16.9 Å². The molecule has 1 atom stereocenters. The van der Waals surface area contributed by atoms with Crippen LogP contribution in [0.1, 0.15) is 36.4 Å². The van der Waals surface area contributed by atoms with Gasteiger partial charge in [0.15, 0.2) is 0 Å². The highest BCUT2D eigenvalue weighted by molar-refractivity contribution is 7.15. The predicted octanol–water partition coefficient (Wildman–Crippen LogP) is 2.36. The van der Waals surface area contributed by atoms with E-state index in [0.29, 0.717) is 0 Å². The van der Waals surface area contributed by atoms with Gasteiger partial charge in [-0.2, -0.15) is 5.10 Å². The third-order valence-electron chi connectivity index (χ3n) is 3.23. The maximum atomic E-state index is 6.11. The van der Waals surface area contributed by atoms with Crippen LogP contribution in [0.2, 0.25) is 0 Å². The Hall–Kier alpha value is -1.20. The molecule has 2 heterocycles. The lowest BCUT2D eigenvalue weighted by atomic mass is 9.99. The van der Waals surface area contributed by atoms with E-state index in [1.54, 1.807) is 11.3 Å². The minimum Gasteiger partial charge on any atom is -0.323 e. The van der Waals surface area contributed by atoms with Crippen LogP contribution in [0.4, 0.5) is 0 Å². The van der Waals surface area contributed by atoms with Crippen LogP contribution in [0, 0.1) is 0 Å². The minimum atomic E-state index is 0.127. The zero-order valence-corrected chi connectivity index (χ0v) is 10.7. The van der Waals surface area contributed by atoms with Gasteiger partial charge in [-0.3, -0.25) is 4.68 Å². The molecule has 17 heavy (non-hydrogen) atoms. The number of thiazole rings is 1. The van der Waals surface area contributed by atoms with Crippen molar-refractivity contribution in [1.29, 1.82) is 0 Å². The molecule has 0 spiro atoms. The van der Waals surface area contributed by atoms with Gasteiger partial charge in [0.25, 0.3) is 0 Å². The van der Waals surface area contributed by atoms with Crippen LogP contribution in [-0.4, -0.2) is 14.8 Å². The summed E-state index contributed by atoms with van der Waals surface area (Å²) in [5.74, 6) is 0. The molecule has 0 fully saturated rings. The normalized spacial score (nSPS) is 19.3. The van der Waals surface area contributed by atoms with E-state index < -0.39 is 0 Å². The molecule has 4 nitrogen and oxygen atoms in total. The second-order valence-electron chi connectivity index (χ2n) is 4.36. The Kier molecular flexibility index (Phi) is 2.72. The van der Waals surface area contributed by atoms with Crippen molar-refractivity contribution in [2.45, 2.75) is 38.8 Å². The van der Waals surface area contributed by atoms with Crippen LogP contribution in [0.5, 0.6) is 0 Å². The number of nitrogens with two attached hydrogens (primary N) is 1. The van der Waals surface area contributed by atoms with Gasteiger partial charge in [0.05, 0.1) is 11.4 Å². The van der Waals surface area contributed by atoms with E-state index in [9.17, 15) is 0 Å². The minimum absolute atomic E-state index is 0.127. The zero-order chi connectivity index (χ0) is 11.8. The molecule has 2 aromatic rings. The van der Waals surface area contributed by atoms with Gasteiger partial charge in [-0.05, 0) is 32.3 Å². The van der Waals surface area contributed by atoms with E-state index in [0.717, 1.165) is 35.8 Å². The molecule has 3 rings (SSSR count). The fourth-order valence-corrected chi connectivity index (χ4v) is 3.53. The van der Waals surface area contributed by atoms with Crippen molar-refractivity contribution in [3.8, 4) is 10.7 Å². The number of fused-ring (bicyclic) bond motifs is 1. The second kappa shape index (κ2) is 4.23. The molecule has 0 bridgehead atoms. The summed E-state index contributed by atoms with van der Waals surface area (Å²) in [6.07, 6.45) is 5.20. The highest BCUT2D eigenvalue weighted by atomic mass is 32.1. The smallest absolute Gasteiger partial charge is 0.142 e. The molecule has 1 unspecified atom stereocenters. The Morgan fingerprint density at radius 3 is 3.24 bits per heavy atom. The molecule has 2 aromatic heterocycles. The molecule has 90 valence electrons. The van der Waals surface area contributed by atoms with Crippen molar-refractivity contribution in [3.05, 3.63) is 22.8 Å². The molecule has 0 aromatic carbocycles. The molecular formula is C12H16N4S. The topological polar surface area (TPSA) is 56.7 Å². The Labute approximate surface area is 104 Å². The van der Waals surface area contributed by atoms with Crippen LogP contribution in [0.25, 0.3) is 10.7 Å². The molecular weight excluding hydrogens is 232 g/mol. The first-order chi connectivity index (χ1) is 8.29. The SMILES string of the molecule is CCn1nccc1-c1nc2c(s1)CCCC2N. The summed E-state index contributed by atoms with van der Waals surface area (Å²) in [4.78, 5) is 6.08. The van der Waals surface area contributed by atoms with Crippen molar-refractivity contribution < 1.29 is 0 Å². The third-order valence-corrected chi connectivity index (χ3v) is 4.39. The molecule has 0 amide bonds. The highest BCUT2D eigenvalue weighted by Crippen LogP contribution is 2.35. The molecule has 0 saturated heterocycles. The van der Waals surface area contributed by atoms with Gasteiger partial charge < -0.3 is 5.73 Å². The third kappa shape index (κ3) is 1.79. The predicted molar refractivity (Wildman–Crippen MR) is 68.9 cm³/mol. The molecule has 1 aliphatic carbocycles. The first-order valence-corrected chi connectivity index (χ1v) is 6.88. The zero-order valence-electron chi connectivity index (χ0n) is 9.89. The fourth-order valence-electron chi connectivity index (χ4n) is 2.33. The summed E-state index contributed by atoms with van der Waals surface area (Å²) in [6, 6.07) is 2.15. The number of hydrogen-bond acceptors (Lipinski definition) is 4. The number of aromatic nitrogens is 3. The van der Waals surface area contributed by atoms with Crippen LogP contribution in [0.15, 0.2) is 12.3 Å². The summed E-state index contributed by atoms with van der Waals surface area (Å²) >= 11 is 1.77. The second-order valence-corrected chi connectivity index (χ2v) is 5.44. The number of nitrogens with zero attached hydrogens (tertiary/aromatic N) is 3.